The fraction of sp³-hybridized carbons (Fsp3) is 0.462. The van der Waals surface area contributed by atoms with Crippen molar-refractivity contribution in [3.8, 4) is 0 Å². The van der Waals surface area contributed by atoms with Gasteiger partial charge < -0.3 is 4.98 Å². The van der Waals surface area contributed by atoms with Crippen molar-refractivity contribution in [3.63, 3.8) is 0 Å². The van der Waals surface area contributed by atoms with E-state index in [0.717, 1.165) is 38.2 Å². The molecule has 0 unspecified atom stereocenters. The van der Waals surface area contributed by atoms with Crippen molar-refractivity contribution in [3.05, 3.63) is 42.5 Å². The third kappa shape index (κ3) is 2.56. The lowest BCUT2D eigenvalue weighted by Crippen LogP contribution is -2.32. The molecule has 5 heteroatoms. The van der Waals surface area contributed by atoms with Crippen LogP contribution >= 0.6 is 0 Å². The molecule has 0 aromatic carbocycles. The number of hydrogen-bond acceptors (Lipinski definition) is 4. The second kappa shape index (κ2) is 5.27. The summed E-state index contributed by atoms with van der Waals surface area (Å²) in [7, 11) is 0. The fourth-order valence-corrected chi connectivity index (χ4v) is 2.52. The van der Waals surface area contributed by atoms with Crippen LogP contribution in [0.1, 0.15) is 30.1 Å². The van der Waals surface area contributed by atoms with Crippen LogP contribution < -0.4 is 0 Å². The molecule has 0 spiro atoms. The summed E-state index contributed by atoms with van der Waals surface area (Å²) in [5.74, 6) is 0.566. The van der Waals surface area contributed by atoms with Crippen LogP contribution in [0.3, 0.4) is 0 Å². The lowest BCUT2D eigenvalue weighted by Gasteiger charge is -2.31. The highest BCUT2D eigenvalue weighted by atomic mass is 15.1. The summed E-state index contributed by atoms with van der Waals surface area (Å²) < 4.78 is 0. The summed E-state index contributed by atoms with van der Waals surface area (Å²) in [6.45, 7) is 3.19. The summed E-state index contributed by atoms with van der Waals surface area (Å²) >= 11 is 0. The molecular formula is C13H17N5. The van der Waals surface area contributed by atoms with Crippen molar-refractivity contribution < 1.29 is 0 Å². The van der Waals surface area contributed by atoms with Crippen LogP contribution in [-0.4, -0.2) is 37.9 Å². The Kier molecular flexibility index (Phi) is 3.32. The average molecular weight is 243 g/mol. The minimum atomic E-state index is 0.566. The lowest BCUT2D eigenvalue weighted by atomic mass is 9.94. The molecular weight excluding hydrogens is 226 g/mol. The Morgan fingerprint density at radius 1 is 1.17 bits per heavy atom. The van der Waals surface area contributed by atoms with Crippen LogP contribution in [-0.2, 0) is 6.54 Å². The Hall–Kier alpha value is -1.75. The zero-order chi connectivity index (χ0) is 12.2. The van der Waals surface area contributed by atoms with Gasteiger partial charge in [-0.15, -0.1) is 0 Å². The molecule has 3 heterocycles. The summed E-state index contributed by atoms with van der Waals surface area (Å²) in [6, 6.07) is 0. The Morgan fingerprint density at radius 2 is 2.06 bits per heavy atom. The van der Waals surface area contributed by atoms with E-state index in [-0.39, 0.29) is 0 Å². The van der Waals surface area contributed by atoms with Crippen LogP contribution in [0.5, 0.6) is 0 Å². The van der Waals surface area contributed by atoms with Gasteiger partial charge in [0.05, 0.1) is 12.0 Å². The van der Waals surface area contributed by atoms with Crippen LogP contribution in [0.15, 0.2) is 31.1 Å². The quantitative estimate of drug-likeness (QED) is 0.889. The molecule has 0 saturated carbocycles. The van der Waals surface area contributed by atoms with Crippen molar-refractivity contribution in [1.82, 2.24) is 24.8 Å². The van der Waals surface area contributed by atoms with E-state index in [1.165, 1.54) is 5.69 Å². The Labute approximate surface area is 106 Å². The number of nitrogens with zero attached hydrogens (tertiary/aromatic N) is 4. The fourth-order valence-electron chi connectivity index (χ4n) is 2.52. The number of imidazole rings is 1. The van der Waals surface area contributed by atoms with E-state index >= 15 is 0 Å². The van der Waals surface area contributed by atoms with Crippen LogP contribution in [0.4, 0.5) is 0 Å². The first-order chi connectivity index (χ1) is 8.92. The summed E-state index contributed by atoms with van der Waals surface area (Å²) in [5.41, 5.74) is 2.33. The van der Waals surface area contributed by atoms with E-state index in [0.29, 0.717) is 5.92 Å². The first-order valence-electron chi connectivity index (χ1n) is 6.37. The third-order valence-electron chi connectivity index (χ3n) is 3.54. The Bertz CT molecular complexity index is 459. The van der Waals surface area contributed by atoms with Gasteiger partial charge in [-0.25, -0.2) is 4.98 Å². The number of aromatic amines is 1. The third-order valence-corrected chi connectivity index (χ3v) is 3.54. The van der Waals surface area contributed by atoms with Gasteiger partial charge in [0.25, 0.3) is 0 Å². The molecule has 1 aliphatic heterocycles. The van der Waals surface area contributed by atoms with E-state index in [9.17, 15) is 0 Å². The highest BCUT2D eigenvalue weighted by molar-refractivity contribution is 5.05. The van der Waals surface area contributed by atoms with E-state index in [1.54, 1.807) is 18.7 Å². The Morgan fingerprint density at radius 3 is 2.72 bits per heavy atom. The predicted octanol–water partition coefficient (Wildman–Crippen LogP) is 1.58. The normalized spacial score (nSPS) is 18.0. The van der Waals surface area contributed by atoms with Crippen molar-refractivity contribution >= 4 is 0 Å². The SMILES string of the molecule is c1cnc(C2CCN(Cc3cnc[nH]3)CC2)cn1. The topological polar surface area (TPSA) is 57.7 Å². The first kappa shape index (κ1) is 11.3. The summed E-state index contributed by atoms with van der Waals surface area (Å²) in [5, 5.41) is 0. The smallest absolute Gasteiger partial charge is 0.0922 e. The van der Waals surface area contributed by atoms with Gasteiger partial charge in [-0.1, -0.05) is 0 Å². The molecule has 0 amide bonds. The number of likely N-dealkylation sites (tertiary alicyclic amines) is 1. The average Bonchev–Trinajstić information content (AvgIpc) is 2.94. The van der Waals surface area contributed by atoms with Crippen molar-refractivity contribution in [2.45, 2.75) is 25.3 Å². The summed E-state index contributed by atoms with van der Waals surface area (Å²) in [4.78, 5) is 18.2. The predicted molar refractivity (Wildman–Crippen MR) is 67.9 cm³/mol. The minimum Gasteiger partial charge on any atom is -0.347 e. The van der Waals surface area contributed by atoms with Crippen LogP contribution in [0.2, 0.25) is 0 Å². The minimum absolute atomic E-state index is 0.566. The number of rotatable bonds is 3. The van der Waals surface area contributed by atoms with Crippen LogP contribution in [0.25, 0.3) is 0 Å². The molecule has 0 atom stereocenters. The molecule has 1 N–H and O–H groups in total. The molecule has 3 rings (SSSR count). The van der Waals surface area contributed by atoms with Gasteiger partial charge in [0.2, 0.25) is 0 Å². The van der Waals surface area contributed by atoms with Gasteiger partial charge >= 0.3 is 0 Å². The monoisotopic (exact) mass is 243 g/mol. The number of nitrogens with one attached hydrogen (secondary N) is 1. The molecule has 1 saturated heterocycles. The van der Waals surface area contributed by atoms with Gasteiger partial charge in [0, 0.05) is 42.9 Å². The maximum Gasteiger partial charge on any atom is 0.0922 e. The van der Waals surface area contributed by atoms with Gasteiger partial charge in [0.15, 0.2) is 0 Å². The standard InChI is InChI=1S/C13H17N5/c1-5-18(9-12-7-15-10-17-12)6-2-11(1)13-8-14-3-4-16-13/h3-4,7-8,10-11H,1-2,5-6,9H2,(H,15,17). The van der Waals surface area contributed by atoms with Crippen molar-refractivity contribution in [1.29, 1.82) is 0 Å². The van der Waals surface area contributed by atoms with Gasteiger partial charge in [0.1, 0.15) is 0 Å². The Balaban J connectivity index is 1.55. The molecule has 18 heavy (non-hydrogen) atoms. The maximum absolute atomic E-state index is 4.41. The molecule has 0 bridgehead atoms. The molecule has 1 aliphatic rings. The van der Waals surface area contributed by atoms with Gasteiger partial charge in [-0.2, -0.15) is 0 Å². The zero-order valence-corrected chi connectivity index (χ0v) is 10.3. The molecule has 0 radical (unpaired) electrons. The van der Waals surface area contributed by atoms with E-state index < -0.39 is 0 Å². The second-order valence-corrected chi connectivity index (χ2v) is 4.76. The number of piperidine rings is 1. The maximum atomic E-state index is 4.41. The van der Waals surface area contributed by atoms with Crippen molar-refractivity contribution in [2.24, 2.45) is 0 Å². The van der Waals surface area contributed by atoms with Gasteiger partial charge in [-0.05, 0) is 25.9 Å². The lowest BCUT2D eigenvalue weighted by molar-refractivity contribution is 0.201. The summed E-state index contributed by atoms with van der Waals surface area (Å²) in [6.07, 6.45) is 11.4. The van der Waals surface area contributed by atoms with E-state index in [2.05, 4.69) is 24.8 Å². The molecule has 0 aliphatic carbocycles. The molecule has 2 aromatic heterocycles. The number of aromatic nitrogens is 4. The zero-order valence-electron chi connectivity index (χ0n) is 10.3. The van der Waals surface area contributed by atoms with E-state index in [4.69, 9.17) is 0 Å². The molecule has 94 valence electrons. The second-order valence-electron chi connectivity index (χ2n) is 4.76. The highest BCUT2D eigenvalue weighted by Gasteiger charge is 2.21. The first-order valence-corrected chi connectivity index (χ1v) is 6.37. The van der Waals surface area contributed by atoms with Crippen LogP contribution in [0, 0.1) is 0 Å². The molecule has 1 fully saturated rings. The van der Waals surface area contributed by atoms with E-state index in [1.807, 2.05) is 12.4 Å². The largest absolute Gasteiger partial charge is 0.347 e. The van der Waals surface area contributed by atoms with Gasteiger partial charge in [-0.3, -0.25) is 14.9 Å². The van der Waals surface area contributed by atoms with Crippen molar-refractivity contribution in [2.75, 3.05) is 13.1 Å². The molecule has 2 aromatic rings. The molecule has 5 nitrogen and oxygen atoms in total. The highest BCUT2D eigenvalue weighted by Crippen LogP contribution is 2.26. The number of H-pyrrole nitrogens is 1. The number of hydrogen-bond donors (Lipinski definition) is 1.